The van der Waals surface area contributed by atoms with Crippen LogP contribution >= 0.6 is 15.9 Å². The molecule has 23 heteroatoms. The van der Waals surface area contributed by atoms with E-state index in [1.54, 1.807) is 47.0 Å². The summed E-state index contributed by atoms with van der Waals surface area (Å²) in [4.78, 5) is 53.6. The number of aromatic amines is 1. The predicted octanol–water partition coefficient (Wildman–Crippen LogP) is 2.91. The molecule has 1 amide bonds. The van der Waals surface area contributed by atoms with Crippen LogP contribution in [0.5, 0.6) is 5.88 Å². The Balaban J connectivity index is 0.968. The number of fused-ring (bicyclic) bond motifs is 3. The standard InChI is InChI=1S/C37H41BrF2N18O2/c1-20(33(59)43-21-8-9-56(16-21)35-47-30(29-32(49-35)53(3)19-41-29)45-25-17-54(4)51-34(25)60-5)15-57(18-26-44-24-7-6-23(39)27(40)28(24)46-26)37-50-36(55-12-10-52(2)11-13-55)48-31-22(38)14-42-58(31)37/h6-7,14,17,19,21H,1,8-13,15-16,18H2,2-5H3,(H,43,59)(H,44,46)(H,45,47,49)/t21-/m0/s1. The van der Waals surface area contributed by atoms with Crippen LogP contribution in [0.1, 0.15) is 12.2 Å². The summed E-state index contributed by atoms with van der Waals surface area (Å²) in [6.07, 6.45) is 5.71. The van der Waals surface area contributed by atoms with Crippen LogP contribution in [0.3, 0.4) is 0 Å². The van der Waals surface area contributed by atoms with Gasteiger partial charge in [-0.1, -0.05) is 6.58 Å². The van der Waals surface area contributed by atoms with E-state index in [4.69, 9.17) is 24.7 Å². The Bertz CT molecular complexity index is 2770. The first-order chi connectivity index (χ1) is 28.9. The van der Waals surface area contributed by atoms with Crippen LogP contribution in [0.4, 0.5) is 38.1 Å². The van der Waals surface area contributed by atoms with Crippen molar-refractivity contribution >= 4 is 79.0 Å². The maximum atomic E-state index is 14.8. The number of rotatable bonds is 12. The number of benzene rings is 1. The third-order valence-electron chi connectivity index (χ3n) is 10.6. The highest BCUT2D eigenvalue weighted by atomic mass is 79.9. The minimum Gasteiger partial charge on any atom is -0.478 e. The number of methoxy groups -OCH3 is 1. The van der Waals surface area contributed by atoms with E-state index in [1.165, 1.54) is 6.07 Å². The van der Waals surface area contributed by atoms with Gasteiger partial charge in [0.1, 0.15) is 17.0 Å². The number of ether oxygens (including phenoxy) is 1. The van der Waals surface area contributed by atoms with Crippen LogP contribution in [-0.2, 0) is 25.4 Å². The van der Waals surface area contributed by atoms with Crippen molar-refractivity contribution in [1.29, 1.82) is 0 Å². The van der Waals surface area contributed by atoms with Gasteiger partial charge < -0.3 is 44.5 Å². The summed E-state index contributed by atoms with van der Waals surface area (Å²) in [5, 5.41) is 15.3. The number of likely N-dealkylation sites (N-methyl/N-ethyl adjacent to an activating group) is 1. The van der Waals surface area contributed by atoms with Crippen molar-refractivity contribution in [1.82, 2.24) is 69.1 Å². The summed E-state index contributed by atoms with van der Waals surface area (Å²) in [6, 6.07) is 2.22. The molecule has 0 radical (unpaired) electrons. The summed E-state index contributed by atoms with van der Waals surface area (Å²) in [5.74, 6) is 0.0798. The summed E-state index contributed by atoms with van der Waals surface area (Å²) in [7, 11) is 7.27. The van der Waals surface area contributed by atoms with E-state index >= 15 is 0 Å². The number of nitrogens with one attached hydrogen (secondary N) is 3. The fraction of sp³-hybridized carbons (Fsp3) is 0.378. The molecule has 2 saturated heterocycles. The van der Waals surface area contributed by atoms with Crippen LogP contribution in [0.25, 0.3) is 27.8 Å². The van der Waals surface area contributed by atoms with Crippen molar-refractivity contribution in [3.8, 4) is 5.88 Å². The molecule has 3 N–H and O–H groups in total. The molecule has 0 spiro atoms. The van der Waals surface area contributed by atoms with Gasteiger partial charge in [0.15, 0.2) is 34.3 Å². The van der Waals surface area contributed by atoms with E-state index in [0.717, 1.165) is 19.2 Å². The summed E-state index contributed by atoms with van der Waals surface area (Å²) >= 11 is 3.58. The predicted molar refractivity (Wildman–Crippen MR) is 222 cm³/mol. The number of carbonyl (C=O) groups excluding carboxylic acids is 1. The second-order valence-corrected chi connectivity index (χ2v) is 15.8. The van der Waals surface area contributed by atoms with E-state index in [1.807, 2.05) is 16.5 Å². The van der Waals surface area contributed by atoms with Gasteiger partial charge in [-0.2, -0.15) is 29.5 Å². The molecular weight excluding hydrogens is 846 g/mol. The molecule has 0 saturated carbocycles. The minimum absolute atomic E-state index is 0.0140. The van der Waals surface area contributed by atoms with Gasteiger partial charge in [-0.15, -0.1) is 5.10 Å². The molecule has 1 aromatic carbocycles. The number of piperazine rings is 1. The fourth-order valence-corrected chi connectivity index (χ4v) is 7.75. The summed E-state index contributed by atoms with van der Waals surface area (Å²) in [5.41, 5.74) is 2.76. The van der Waals surface area contributed by atoms with Crippen LogP contribution in [0, 0.1) is 11.6 Å². The first-order valence-corrected chi connectivity index (χ1v) is 19.9. The molecule has 0 bridgehead atoms. The Morgan fingerprint density at radius 1 is 1.02 bits per heavy atom. The van der Waals surface area contributed by atoms with Gasteiger partial charge in [0.25, 0.3) is 5.88 Å². The van der Waals surface area contributed by atoms with Crippen molar-refractivity contribution in [2.45, 2.75) is 19.0 Å². The number of hydrogen-bond donors (Lipinski definition) is 3. The Labute approximate surface area is 349 Å². The number of anilines is 5. The van der Waals surface area contributed by atoms with Crippen molar-refractivity contribution < 1.29 is 18.3 Å². The first-order valence-electron chi connectivity index (χ1n) is 19.1. The molecule has 8 heterocycles. The van der Waals surface area contributed by atoms with Crippen LogP contribution in [0.15, 0.2) is 47.5 Å². The highest BCUT2D eigenvalue weighted by Crippen LogP contribution is 2.31. The molecule has 9 rings (SSSR count). The van der Waals surface area contributed by atoms with Gasteiger partial charge in [0.2, 0.25) is 23.8 Å². The quantitative estimate of drug-likeness (QED) is 0.152. The lowest BCUT2D eigenvalue weighted by Gasteiger charge is -2.33. The topological polar surface area (TPSA) is 196 Å². The van der Waals surface area contributed by atoms with Crippen molar-refractivity contribution in [3.63, 3.8) is 0 Å². The monoisotopic (exact) mass is 886 g/mol. The minimum atomic E-state index is -1.06. The molecule has 6 aromatic heterocycles. The smallest absolute Gasteiger partial charge is 0.256 e. The molecule has 0 unspecified atom stereocenters. The summed E-state index contributed by atoms with van der Waals surface area (Å²) < 4.78 is 40.1. The van der Waals surface area contributed by atoms with E-state index in [2.05, 4.69) is 75.1 Å². The number of halogens is 3. The molecule has 312 valence electrons. The van der Waals surface area contributed by atoms with Crippen LogP contribution in [-0.4, -0.2) is 136 Å². The van der Waals surface area contributed by atoms with Gasteiger partial charge in [-0.05, 0) is 41.5 Å². The van der Waals surface area contributed by atoms with Gasteiger partial charge in [-0.3, -0.25) is 9.48 Å². The lowest BCUT2D eigenvalue weighted by atomic mass is 10.2. The number of hydrogen-bond acceptors (Lipinski definition) is 15. The zero-order chi connectivity index (χ0) is 41.8. The Morgan fingerprint density at radius 3 is 2.60 bits per heavy atom. The number of H-pyrrole nitrogens is 1. The third-order valence-corrected chi connectivity index (χ3v) is 11.2. The lowest BCUT2D eigenvalue weighted by molar-refractivity contribution is -0.118. The van der Waals surface area contributed by atoms with Gasteiger partial charge in [0, 0.05) is 65.0 Å². The van der Waals surface area contributed by atoms with Crippen LogP contribution < -0.4 is 30.1 Å². The number of aryl methyl sites for hydroxylation is 2. The van der Waals surface area contributed by atoms with E-state index in [0.29, 0.717) is 100 Å². The maximum Gasteiger partial charge on any atom is 0.256 e. The van der Waals surface area contributed by atoms with Crippen LogP contribution in [0.2, 0.25) is 0 Å². The first kappa shape index (κ1) is 39.0. The molecule has 20 nitrogen and oxygen atoms in total. The molecule has 2 aliphatic heterocycles. The molecule has 60 heavy (non-hydrogen) atoms. The Morgan fingerprint density at radius 2 is 1.80 bits per heavy atom. The Hall–Kier alpha value is -6.49. The SMILES string of the molecule is C=C(CN(Cc1nc2c(F)c(F)ccc2[nH]1)c1nc(N2CCN(C)CC2)nc2c(Br)cnn12)C(=O)N[C@H]1CCN(c2nc(Nc3cn(C)nc3OC)c3ncn(C)c3n2)C1. The molecule has 2 aliphatic rings. The molecule has 2 fully saturated rings. The number of imidazole rings is 2. The molecule has 7 aromatic rings. The average molecular weight is 888 g/mol. The zero-order valence-corrected chi connectivity index (χ0v) is 34.8. The highest BCUT2D eigenvalue weighted by molar-refractivity contribution is 9.10. The van der Waals surface area contributed by atoms with Gasteiger partial charge >= 0.3 is 0 Å². The van der Waals surface area contributed by atoms with Crippen molar-refractivity contribution in [2.24, 2.45) is 14.1 Å². The zero-order valence-electron chi connectivity index (χ0n) is 33.2. The Kier molecular flexibility index (Phi) is 10.1. The number of aromatic nitrogens is 12. The van der Waals surface area contributed by atoms with Crippen molar-refractivity contribution in [2.75, 3.05) is 80.0 Å². The van der Waals surface area contributed by atoms with Gasteiger partial charge in [0.05, 0.1) is 48.9 Å². The number of carbonyl (C=O) groups is 1. The van der Waals surface area contributed by atoms with Crippen molar-refractivity contribution in [3.05, 3.63) is 64.9 Å². The van der Waals surface area contributed by atoms with E-state index in [9.17, 15) is 13.6 Å². The summed E-state index contributed by atoms with van der Waals surface area (Å²) in [6.45, 7) is 8.27. The highest BCUT2D eigenvalue weighted by Gasteiger charge is 2.30. The number of amides is 1. The van der Waals surface area contributed by atoms with Gasteiger partial charge in [-0.25, -0.2) is 18.7 Å². The third kappa shape index (κ3) is 7.37. The normalized spacial score (nSPS) is 16.1. The number of nitrogens with zero attached hydrogens (tertiary/aromatic N) is 15. The molecule has 1 atom stereocenters. The second-order valence-electron chi connectivity index (χ2n) is 14.9. The largest absolute Gasteiger partial charge is 0.478 e. The lowest BCUT2D eigenvalue weighted by Crippen LogP contribution is -2.45. The molecular formula is C37H41BrF2N18O2. The molecule has 0 aliphatic carbocycles. The maximum absolute atomic E-state index is 14.8. The average Bonchev–Trinajstić information content (AvgIpc) is 4.09. The fourth-order valence-electron chi connectivity index (χ4n) is 7.41. The van der Waals surface area contributed by atoms with E-state index in [-0.39, 0.29) is 36.1 Å². The van der Waals surface area contributed by atoms with E-state index < -0.39 is 11.6 Å². The second kappa shape index (κ2) is 15.6.